The molecule has 0 bridgehead atoms. The number of nitrogens with two attached hydrogens (primary N) is 1. The van der Waals surface area contributed by atoms with E-state index >= 15 is 0 Å². The molecule has 3 nitrogen and oxygen atoms in total. The molecule has 2 N–H and O–H groups in total. The van der Waals surface area contributed by atoms with E-state index in [0.29, 0.717) is 0 Å². The van der Waals surface area contributed by atoms with E-state index < -0.39 is 0 Å². The van der Waals surface area contributed by atoms with Crippen molar-refractivity contribution in [1.82, 2.24) is 10.2 Å². The van der Waals surface area contributed by atoms with Gasteiger partial charge >= 0.3 is 0 Å². The van der Waals surface area contributed by atoms with Crippen LogP contribution in [0.1, 0.15) is 40.5 Å². The van der Waals surface area contributed by atoms with Crippen LogP contribution in [0, 0.1) is 6.92 Å². The molecular formula is C14H19N3S. The van der Waals surface area contributed by atoms with Crippen molar-refractivity contribution < 1.29 is 0 Å². The molecule has 0 aliphatic carbocycles. The summed E-state index contributed by atoms with van der Waals surface area (Å²) in [5, 5.41) is 10.4. The average molecular weight is 261 g/mol. The van der Waals surface area contributed by atoms with Crippen LogP contribution in [0.5, 0.6) is 0 Å². The van der Waals surface area contributed by atoms with Gasteiger partial charge in [0.05, 0.1) is 6.04 Å². The fourth-order valence-corrected chi connectivity index (χ4v) is 2.74. The van der Waals surface area contributed by atoms with Gasteiger partial charge in [-0.15, -0.1) is 10.2 Å². The minimum absolute atomic E-state index is 0.0372. The zero-order valence-corrected chi connectivity index (χ0v) is 11.7. The van der Waals surface area contributed by atoms with E-state index in [1.807, 2.05) is 0 Å². The Kier molecular flexibility index (Phi) is 4.44. The van der Waals surface area contributed by atoms with Crippen LogP contribution >= 0.6 is 11.3 Å². The van der Waals surface area contributed by atoms with E-state index in [4.69, 9.17) is 5.73 Å². The first-order valence-electron chi connectivity index (χ1n) is 6.32. The third-order valence-corrected chi connectivity index (χ3v) is 4.06. The fourth-order valence-electron chi connectivity index (χ4n) is 1.81. The molecule has 0 aliphatic rings. The van der Waals surface area contributed by atoms with E-state index in [-0.39, 0.29) is 6.04 Å². The van der Waals surface area contributed by atoms with Crippen LogP contribution in [-0.4, -0.2) is 10.2 Å². The van der Waals surface area contributed by atoms with E-state index in [0.717, 1.165) is 29.3 Å². The van der Waals surface area contributed by atoms with Crippen molar-refractivity contribution in [3.63, 3.8) is 0 Å². The highest BCUT2D eigenvalue weighted by Crippen LogP contribution is 2.19. The summed E-state index contributed by atoms with van der Waals surface area (Å²) < 4.78 is 0. The van der Waals surface area contributed by atoms with Crippen molar-refractivity contribution in [1.29, 1.82) is 0 Å². The molecular weight excluding hydrogens is 242 g/mol. The van der Waals surface area contributed by atoms with Crippen molar-refractivity contribution >= 4 is 11.3 Å². The van der Waals surface area contributed by atoms with Crippen molar-refractivity contribution in [3.05, 3.63) is 45.4 Å². The molecule has 4 heteroatoms. The predicted molar refractivity (Wildman–Crippen MR) is 75.7 cm³/mol. The maximum Gasteiger partial charge on any atom is 0.134 e. The molecule has 0 saturated carbocycles. The van der Waals surface area contributed by atoms with Crippen LogP contribution in [0.15, 0.2) is 24.3 Å². The summed E-state index contributed by atoms with van der Waals surface area (Å²) in [6, 6.07) is 8.64. The second-order valence-electron chi connectivity index (χ2n) is 4.54. The molecule has 0 amide bonds. The zero-order chi connectivity index (χ0) is 13.0. The number of benzene rings is 1. The lowest BCUT2D eigenvalue weighted by Gasteiger charge is -2.01. The smallest absolute Gasteiger partial charge is 0.134 e. The van der Waals surface area contributed by atoms with Gasteiger partial charge in [0.1, 0.15) is 10.0 Å². The topological polar surface area (TPSA) is 51.8 Å². The first-order valence-corrected chi connectivity index (χ1v) is 7.14. The van der Waals surface area contributed by atoms with Gasteiger partial charge in [-0.05, 0) is 25.3 Å². The van der Waals surface area contributed by atoms with Crippen LogP contribution in [-0.2, 0) is 12.8 Å². The SMILES string of the molecule is CCC(N)c1nnc(CCc2cccc(C)c2)s1. The van der Waals surface area contributed by atoms with Crippen molar-refractivity contribution in [2.75, 3.05) is 0 Å². The molecule has 1 atom stereocenters. The van der Waals surface area contributed by atoms with E-state index in [2.05, 4.69) is 48.3 Å². The zero-order valence-electron chi connectivity index (χ0n) is 10.9. The number of aryl methyl sites for hydroxylation is 3. The summed E-state index contributed by atoms with van der Waals surface area (Å²) in [4.78, 5) is 0. The van der Waals surface area contributed by atoms with Gasteiger partial charge in [-0.1, -0.05) is 48.1 Å². The number of hydrogen-bond donors (Lipinski definition) is 1. The molecule has 2 aromatic rings. The minimum atomic E-state index is 0.0372. The molecule has 0 radical (unpaired) electrons. The lowest BCUT2D eigenvalue weighted by Crippen LogP contribution is -2.07. The molecule has 0 aliphatic heterocycles. The second-order valence-corrected chi connectivity index (χ2v) is 5.63. The monoisotopic (exact) mass is 261 g/mol. The van der Waals surface area contributed by atoms with Gasteiger partial charge in [0, 0.05) is 6.42 Å². The van der Waals surface area contributed by atoms with Crippen molar-refractivity contribution in [2.45, 2.75) is 39.2 Å². The van der Waals surface area contributed by atoms with Crippen LogP contribution < -0.4 is 5.73 Å². The van der Waals surface area contributed by atoms with E-state index in [1.54, 1.807) is 11.3 Å². The maximum absolute atomic E-state index is 5.94. The van der Waals surface area contributed by atoms with Crippen LogP contribution in [0.3, 0.4) is 0 Å². The Morgan fingerprint density at radius 2 is 2.11 bits per heavy atom. The minimum Gasteiger partial charge on any atom is -0.322 e. The molecule has 0 spiro atoms. The summed E-state index contributed by atoms with van der Waals surface area (Å²) in [7, 11) is 0. The molecule has 96 valence electrons. The lowest BCUT2D eigenvalue weighted by molar-refractivity contribution is 0.681. The van der Waals surface area contributed by atoms with Crippen molar-refractivity contribution in [2.24, 2.45) is 5.73 Å². The third-order valence-electron chi connectivity index (χ3n) is 2.95. The van der Waals surface area contributed by atoms with Gasteiger partial charge in [-0.3, -0.25) is 0 Å². The van der Waals surface area contributed by atoms with Gasteiger partial charge in [-0.2, -0.15) is 0 Å². The molecule has 1 aromatic heterocycles. The summed E-state index contributed by atoms with van der Waals surface area (Å²) >= 11 is 1.64. The van der Waals surface area contributed by atoms with Crippen LogP contribution in [0.2, 0.25) is 0 Å². The molecule has 1 unspecified atom stereocenters. The Morgan fingerprint density at radius 1 is 1.28 bits per heavy atom. The second kappa shape index (κ2) is 6.07. The number of hydrogen-bond acceptors (Lipinski definition) is 4. The number of rotatable bonds is 5. The lowest BCUT2D eigenvalue weighted by atomic mass is 10.1. The number of aromatic nitrogens is 2. The van der Waals surface area contributed by atoms with Crippen LogP contribution in [0.4, 0.5) is 0 Å². The van der Waals surface area contributed by atoms with E-state index in [1.165, 1.54) is 11.1 Å². The Morgan fingerprint density at radius 3 is 2.83 bits per heavy atom. The summed E-state index contributed by atoms with van der Waals surface area (Å²) in [5.41, 5.74) is 8.60. The third kappa shape index (κ3) is 3.37. The molecule has 2 rings (SSSR count). The quantitative estimate of drug-likeness (QED) is 0.900. The summed E-state index contributed by atoms with van der Waals surface area (Å²) in [6.45, 7) is 4.19. The molecule has 0 saturated heterocycles. The van der Waals surface area contributed by atoms with Crippen molar-refractivity contribution in [3.8, 4) is 0 Å². The van der Waals surface area contributed by atoms with Gasteiger partial charge in [0.2, 0.25) is 0 Å². The maximum atomic E-state index is 5.94. The summed E-state index contributed by atoms with van der Waals surface area (Å²) in [5.74, 6) is 0. The van der Waals surface area contributed by atoms with Gasteiger partial charge in [0.15, 0.2) is 0 Å². The molecule has 1 aromatic carbocycles. The van der Waals surface area contributed by atoms with Crippen LogP contribution in [0.25, 0.3) is 0 Å². The first kappa shape index (κ1) is 13.2. The Bertz CT molecular complexity index is 507. The standard InChI is InChI=1S/C14H19N3S/c1-3-12(15)14-17-16-13(18-14)8-7-11-6-4-5-10(2)9-11/h4-6,9,12H,3,7-8,15H2,1-2H3. The molecule has 18 heavy (non-hydrogen) atoms. The molecule has 0 fully saturated rings. The summed E-state index contributed by atoms with van der Waals surface area (Å²) in [6.07, 6.45) is 2.86. The predicted octanol–water partition coefficient (Wildman–Crippen LogP) is 3.04. The Balaban J connectivity index is 1.96. The van der Waals surface area contributed by atoms with Gasteiger partial charge < -0.3 is 5.73 Å². The van der Waals surface area contributed by atoms with Gasteiger partial charge in [-0.25, -0.2) is 0 Å². The first-order chi connectivity index (χ1) is 8.69. The fraction of sp³-hybridized carbons (Fsp3) is 0.429. The van der Waals surface area contributed by atoms with E-state index in [9.17, 15) is 0 Å². The highest BCUT2D eigenvalue weighted by atomic mass is 32.1. The largest absolute Gasteiger partial charge is 0.322 e. The number of nitrogens with zero attached hydrogens (tertiary/aromatic N) is 2. The highest BCUT2D eigenvalue weighted by molar-refractivity contribution is 7.11. The Hall–Kier alpha value is -1.26. The normalized spacial score (nSPS) is 12.6. The Labute approximate surface area is 112 Å². The molecule has 1 heterocycles. The average Bonchev–Trinajstić information content (AvgIpc) is 2.84. The van der Waals surface area contributed by atoms with Gasteiger partial charge in [0.25, 0.3) is 0 Å². The highest BCUT2D eigenvalue weighted by Gasteiger charge is 2.10.